The van der Waals surface area contributed by atoms with Crippen LogP contribution in [0, 0.1) is 47.3 Å². The molecule has 5 aliphatic carbocycles. The van der Waals surface area contributed by atoms with Gasteiger partial charge in [-0.2, -0.15) is 0 Å². The smallest absolute Gasteiger partial charge is 0.0900 e. The van der Waals surface area contributed by atoms with E-state index in [4.69, 9.17) is 4.74 Å². The lowest BCUT2D eigenvalue weighted by Crippen LogP contribution is -2.59. The van der Waals surface area contributed by atoms with Crippen molar-refractivity contribution >= 4 is 0 Å². The zero-order chi connectivity index (χ0) is 21.6. The summed E-state index contributed by atoms with van der Waals surface area (Å²) in [4.78, 5) is 0. The van der Waals surface area contributed by atoms with Gasteiger partial charge in [-0.15, -0.1) is 0 Å². The van der Waals surface area contributed by atoms with Gasteiger partial charge in [0.2, 0.25) is 0 Å². The molecule has 9 rings (SSSR count). The molecule has 10 unspecified atom stereocenters. The van der Waals surface area contributed by atoms with Crippen molar-refractivity contribution in [2.45, 2.75) is 55.4 Å². The Morgan fingerprint density at radius 1 is 0.781 bits per heavy atom. The first kappa shape index (κ1) is 20.0. The third kappa shape index (κ3) is 1.96. The van der Waals surface area contributed by atoms with E-state index in [1.807, 2.05) is 0 Å². The highest BCUT2D eigenvalue weighted by Crippen LogP contribution is 2.93. The van der Waals surface area contributed by atoms with Crippen LogP contribution >= 0.6 is 0 Å². The summed E-state index contributed by atoms with van der Waals surface area (Å²) in [6.45, 7) is 4.72. The van der Waals surface area contributed by atoms with Crippen molar-refractivity contribution in [3.63, 3.8) is 0 Å². The van der Waals surface area contributed by atoms with Crippen LogP contribution in [0.3, 0.4) is 0 Å². The second-order valence-electron chi connectivity index (χ2n) is 12.7. The minimum absolute atomic E-state index is 0.0476. The molecule has 0 aromatic rings. The summed E-state index contributed by atoms with van der Waals surface area (Å²) in [6, 6.07) is 0.574. The average Bonchev–Trinajstić information content (AvgIpc) is 3.54. The predicted octanol–water partition coefficient (Wildman–Crippen LogP) is 0.489. The lowest BCUT2D eigenvalue weighted by atomic mass is 9.54. The molecule has 4 aliphatic heterocycles. The molecule has 178 valence electrons. The number of hydrogen-bond donors (Lipinski definition) is 2. The van der Waals surface area contributed by atoms with E-state index in [9.17, 15) is 10.2 Å². The first-order valence-corrected chi connectivity index (χ1v) is 13.4. The summed E-state index contributed by atoms with van der Waals surface area (Å²) in [5.74, 6) is 6.78. The fraction of sp³-hybridized carbons (Fsp3) is 1.00. The number of hydrogen-bond acceptors (Lipinski definition) is 7. The van der Waals surface area contributed by atoms with Crippen molar-refractivity contribution < 1.29 is 14.9 Å². The summed E-state index contributed by atoms with van der Waals surface area (Å²) < 4.78 is 7.48. The van der Waals surface area contributed by atoms with E-state index in [0.717, 1.165) is 86.4 Å². The quantitative estimate of drug-likeness (QED) is 0.565. The molecule has 0 aromatic heterocycles. The molecule has 0 spiro atoms. The lowest BCUT2D eigenvalue weighted by molar-refractivity contribution is -0.145. The number of rotatable bonds is 8. The average molecular weight is 445 g/mol. The van der Waals surface area contributed by atoms with E-state index < -0.39 is 0 Å². The van der Waals surface area contributed by atoms with Gasteiger partial charge in [0, 0.05) is 52.4 Å². The number of likely N-dealkylation sites (N-methyl/N-ethyl adjacent to an activating group) is 2. The van der Waals surface area contributed by atoms with E-state index >= 15 is 0 Å². The van der Waals surface area contributed by atoms with Crippen LogP contribution in [-0.4, -0.2) is 107 Å². The van der Waals surface area contributed by atoms with Crippen molar-refractivity contribution in [1.82, 2.24) is 20.0 Å². The summed E-state index contributed by atoms with van der Waals surface area (Å²) >= 11 is 0. The Morgan fingerprint density at radius 2 is 1.25 bits per heavy atom. The van der Waals surface area contributed by atoms with Gasteiger partial charge < -0.3 is 14.9 Å². The number of hydrazine groups is 2. The Hall–Kier alpha value is -0.280. The zero-order valence-electron chi connectivity index (χ0n) is 19.6. The fourth-order valence-electron chi connectivity index (χ4n) is 11.8. The molecule has 7 nitrogen and oxygen atoms in total. The largest absolute Gasteiger partial charge is 0.395 e. The lowest BCUT2D eigenvalue weighted by Gasteiger charge is -2.49. The predicted molar refractivity (Wildman–Crippen MR) is 118 cm³/mol. The van der Waals surface area contributed by atoms with E-state index in [2.05, 4.69) is 34.1 Å². The molecule has 0 aromatic carbocycles. The second-order valence-corrected chi connectivity index (χ2v) is 12.7. The van der Waals surface area contributed by atoms with Crippen molar-refractivity contribution in [2.75, 3.05) is 53.5 Å². The molecule has 0 radical (unpaired) electrons. The molecule has 9 fully saturated rings. The van der Waals surface area contributed by atoms with Crippen molar-refractivity contribution in [1.29, 1.82) is 0 Å². The van der Waals surface area contributed by atoms with Crippen LogP contribution in [-0.2, 0) is 4.74 Å². The van der Waals surface area contributed by atoms with Crippen LogP contribution in [0.25, 0.3) is 0 Å². The van der Waals surface area contributed by atoms with Gasteiger partial charge in [0.1, 0.15) is 0 Å². The maximum atomic E-state index is 9.90. The van der Waals surface area contributed by atoms with E-state index in [0.29, 0.717) is 0 Å². The van der Waals surface area contributed by atoms with Crippen molar-refractivity contribution in [3.8, 4) is 0 Å². The Bertz CT molecular complexity index is 761. The second kappa shape index (κ2) is 6.28. The van der Waals surface area contributed by atoms with Crippen LogP contribution in [0.5, 0.6) is 0 Å². The van der Waals surface area contributed by atoms with Crippen LogP contribution in [0.2, 0.25) is 0 Å². The number of nitrogens with zero attached hydrogens (tertiary/aromatic N) is 4. The summed E-state index contributed by atoms with van der Waals surface area (Å²) in [7, 11) is 4.51. The van der Waals surface area contributed by atoms with Crippen molar-refractivity contribution in [2.24, 2.45) is 47.3 Å². The van der Waals surface area contributed by atoms with Gasteiger partial charge in [0.05, 0.1) is 24.4 Å². The van der Waals surface area contributed by atoms with Gasteiger partial charge in [-0.3, -0.25) is 0 Å². The van der Waals surface area contributed by atoms with E-state index in [1.165, 1.54) is 19.3 Å². The van der Waals surface area contributed by atoms with E-state index in [-0.39, 0.29) is 36.5 Å². The van der Waals surface area contributed by atoms with Crippen LogP contribution < -0.4 is 0 Å². The van der Waals surface area contributed by atoms with Crippen molar-refractivity contribution in [3.05, 3.63) is 0 Å². The SMILES string of the molecule is CN(CC12OC3(CN(C)N4CCC[C@H]4CO)C4C5CC(C6C5C3C61)C42)N1CCC[C@H]1CO. The van der Waals surface area contributed by atoms with Gasteiger partial charge in [0.15, 0.2) is 0 Å². The third-order valence-electron chi connectivity index (χ3n) is 12.1. The molecule has 4 heterocycles. The van der Waals surface area contributed by atoms with Gasteiger partial charge in [-0.1, -0.05) is 0 Å². The highest BCUT2D eigenvalue weighted by Gasteiger charge is 2.96. The van der Waals surface area contributed by atoms with Crippen LogP contribution in [0.15, 0.2) is 0 Å². The molecule has 9 aliphatic rings. The third-order valence-corrected chi connectivity index (χ3v) is 12.1. The molecule has 0 amide bonds. The first-order chi connectivity index (χ1) is 15.6. The normalized spacial score (nSPS) is 58.7. The maximum Gasteiger partial charge on any atom is 0.0900 e. The Morgan fingerprint density at radius 3 is 1.69 bits per heavy atom. The zero-order valence-corrected chi connectivity index (χ0v) is 19.6. The van der Waals surface area contributed by atoms with Crippen LogP contribution in [0.1, 0.15) is 32.1 Å². The minimum atomic E-state index is 0.0476. The fourth-order valence-corrected chi connectivity index (χ4v) is 11.8. The van der Waals surface area contributed by atoms with Gasteiger partial charge in [0.25, 0.3) is 0 Å². The molecule has 5 saturated carbocycles. The van der Waals surface area contributed by atoms with Gasteiger partial charge in [-0.05, 0) is 79.4 Å². The molecule has 2 N–H and O–H groups in total. The van der Waals surface area contributed by atoms with Gasteiger partial charge in [-0.25, -0.2) is 20.0 Å². The summed E-state index contributed by atoms with van der Waals surface area (Å²) in [5.41, 5.74) is 0.0952. The Kier molecular flexibility index (Phi) is 3.92. The molecule has 32 heavy (non-hydrogen) atoms. The first-order valence-electron chi connectivity index (χ1n) is 13.4. The number of ether oxygens (including phenoxy) is 1. The topological polar surface area (TPSA) is 62.7 Å². The maximum absolute atomic E-state index is 9.90. The number of aliphatic hydroxyl groups is 2. The molecule has 4 saturated heterocycles. The Balaban J connectivity index is 1.11. The molecule has 12 atom stereocenters. The number of aliphatic hydroxyl groups excluding tert-OH is 2. The molecule has 4 bridgehead atoms. The summed E-state index contributed by atoms with van der Waals surface area (Å²) in [6.07, 6.45) is 6.07. The Labute approximate surface area is 191 Å². The highest BCUT2D eigenvalue weighted by molar-refractivity contribution is 5.43. The minimum Gasteiger partial charge on any atom is -0.395 e. The highest BCUT2D eigenvalue weighted by atomic mass is 16.5. The van der Waals surface area contributed by atoms with Crippen LogP contribution in [0.4, 0.5) is 0 Å². The van der Waals surface area contributed by atoms with Gasteiger partial charge >= 0.3 is 0 Å². The summed E-state index contributed by atoms with van der Waals surface area (Å²) in [5, 5.41) is 29.6. The molecular formula is C25H40N4O3. The molecule has 7 heteroatoms. The standard InChI is InChI=1S/C25H40N4O3/c1-26(28-7-3-5-14(28)10-30)12-24-20-16-9-17-19-18(16)22(24)23(19)25(32-24,21(17)20)13-27(2)29-8-4-6-15(29)11-31/h14-23,30-31H,3-13H2,1-2H3/t14-,15-,16?,17?,18?,19?,20?,21?,22?,23?,24?,25?/m0/s1. The van der Waals surface area contributed by atoms with E-state index in [1.54, 1.807) is 0 Å². The molecular weight excluding hydrogens is 404 g/mol. The monoisotopic (exact) mass is 444 g/mol.